The van der Waals surface area contributed by atoms with Gasteiger partial charge in [0.05, 0.1) is 18.4 Å². The third-order valence-corrected chi connectivity index (χ3v) is 4.92. The number of para-hydroxylation sites is 1. The molecule has 1 heterocycles. The van der Waals surface area contributed by atoms with Crippen molar-refractivity contribution in [1.29, 1.82) is 0 Å². The van der Waals surface area contributed by atoms with Gasteiger partial charge >= 0.3 is 5.63 Å². The number of halogens is 1. The van der Waals surface area contributed by atoms with Crippen molar-refractivity contribution >= 4 is 38.8 Å². The van der Waals surface area contributed by atoms with Crippen molar-refractivity contribution in [3.05, 3.63) is 87.2 Å². The van der Waals surface area contributed by atoms with Crippen molar-refractivity contribution in [2.75, 3.05) is 7.11 Å². The van der Waals surface area contributed by atoms with E-state index in [0.29, 0.717) is 28.1 Å². The zero-order valence-corrected chi connectivity index (χ0v) is 17.0. The number of hydrogen-bond donors (Lipinski definition) is 1. The van der Waals surface area contributed by atoms with E-state index in [1.807, 2.05) is 36.4 Å². The zero-order valence-electron chi connectivity index (χ0n) is 15.4. The molecule has 1 N–H and O–H groups in total. The summed E-state index contributed by atoms with van der Waals surface area (Å²) in [6.45, 7) is 0. The van der Waals surface area contributed by atoms with Crippen molar-refractivity contribution in [1.82, 2.24) is 0 Å². The molecule has 0 aliphatic heterocycles. The van der Waals surface area contributed by atoms with Crippen LogP contribution in [0.25, 0.3) is 22.1 Å². The molecular formula is C23H16BrNO4. The van der Waals surface area contributed by atoms with Crippen molar-refractivity contribution in [3.8, 4) is 22.6 Å². The third kappa shape index (κ3) is 3.93. The highest BCUT2D eigenvalue weighted by atomic mass is 79.9. The Labute approximate surface area is 175 Å². The Morgan fingerprint density at radius 3 is 2.59 bits per heavy atom. The molecule has 4 aromatic rings. The second-order valence-corrected chi connectivity index (χ2v) is 7.25. The largest absolute Gasteiger partial charge is 0.504 e. The molecule has 6 heteroatoms. The summed E-state index contributed by atoms with van der Waals surface area (Å²) in [7, 11) is 1.49. The lowest BCUT2D eigenvalue weighted by atomic mass is 10.1. The summed E-state index contributed by atoms with van der Waals surface area (Å²) in [6, 6.07) is 19.9. The van der Waals surface area contributed by atoms with Crippen molar-refractivity contribution < 1.29 is 14.3 Å². The Morgan fingerprint density at radius 2 is 1.83 bits per heavy atom. The average molecular weight is 450 g/mol. The summed E-state index contributed by atoms with van der Waals surface area (Å²) < 4.78 is 11.3. The topological polar surface area (TPSA) is 72.0 Å². The Hall–Kier alpha value is -3.38. The molecule has 0 fully saturated rings. The molecule has 5 nitrogen and oxygen atoms in total. The molecule has 0 atom stereocenters. The van der Waals surface area contributed by atoms with E-state index in [4.69, 9.17) is 9.15 Å². The normalized spacial score (nSPS) is 11.2. The Morgan fingerprint density at radius 1 is 1.07 bits per heavy atom. The summed E-state index contributed by atoms with van der Waals surface area (Å²) in [6.07, 6.45) is 1.56. The fourth-order valence-corrected chi connectivity index (χ4v) is 3.44. The van der Waals surface area contributed by atoms with E-state index in [-0.39, 0.29) is 11.4 Å². The molecule has 0 spiro atoms. The lowest BCUT2D eigenvalue weighted by Gasteiger charge is -2.07. The summed E-state index contributed by atoms with van der Waals surface area (Å²) >= 11 is 3.38. The van der Waals surface area contributed by atoms with Crippen molar-refractivity contribution in [2.45, 2.75) is 0 Å². The standard InChI is InChI=1S/C23H16BrNO4/c1-28-21-12-17(24)10-16(22(21)26)13-25-18-8-6-14(7-9-18)19-11-15-4-2-3-5-20(15)29-23(19)27/h2-13,26H,1H3. The first-order chi connectivity index (χ1) is 14.0. The van der Waals surface area contributed by atoms with Crippen LogP contribution >= 0.6 is 15.9 Å². The van der Waals surface area contributed by atoms with Gasteiger partial charge in [0.15, 0.2) is 11.5 Å². The summed E-state index contributed by atoms with van der Waals surface area (Å²) in [4.78, 5) is 16.7. The Kier molecular flexibility index (Phi) is 5.18. The number of phenolic OH excluding ortho intramolecular Hbond substituents is 1. The van der Waals surface area contributed by atoms with Crippen LogP contribution in [0.1, 0.15) is 5.56 Å². The number of rotatable bonds is 4. The molecule has 0 saturated heterocycles. The summed E-state index contributed by atoms with van der Waals surface area (Å²) in [5, 5.41) is 11.1. The van der Waals surface area contributed by atoms with Crippen LogP contribution in [0.4, 0.5) is 5.69 Å². The maximum absolute atomic E-state index is 12.3. The molecule has 0 aliphatic rings. The van der Waals surface area contributed by atoms with Gasteiger partial charge in [0.1, 0.15) is 5.58 Å². The van der Waals surface area contributed by atoms with Gasteiger partial charge < -0.3 is 14.3 Å². The molecule has 0 unspecified atom stereocenters. The van der Waals surface area contributed by atoms with Gasteiger partial charge in [-0.15, -0.1) is 0 Å². The van der Waals surface area contributed by atoms with Gasteiger partial charge in [-0.05, 0) is 42.0 Å². The van der Waals surface area contributed by atoms with Gasteiger partial charge in [0.25, 0.3) is 0 Å². The fraction of sp³-hybridized carbons (Fsp3) is 0.0435. The summed E-state index contributed by atoms with van der Waals surface area (Å²) in [5.74, 6) is 0.379. The van der Waals surface area contributed by atoms with Gasteiger partial charge in [-0.2, -0.15) is 0 Å². The second-order valence-electron chi connectivity index (χ2n) is 6.34. The highest BCUT2D eigenvalue weighted by Crippen LogP contribution is 2.33. The Bertz CT molecular complexity index is 1280. The maximum atomic E-state index is 12.3. The summed E-state index contributed by atoms with van der Waals surface area (Å²) in [5.41, 5.74) is 2.62. The smallest absolute Gasteiger partial charge is 0.344 e. The SMILES string of the molecule is COc1cc(Br)cc(C=Nc2ccc(-c3cc4ccccc4oc3=O)cc2)c1O. The molecule has 0 aliphatic carbocycles. The molecule has 144 valence electrons. The number of fused-ring (bicyclic) bond motifs is 1. The monoisotopic (exact) mass is 449 g/mol. The number of hydrogen-bond acceptors (Lipinski definition) is 5. The van der Waals surface area contributed by atoms with Crippen LogP contribution in [-0.2, 0) is 0 Å². The van der Waals surface area contributed by atoms with Gasteiger partial charge in [-0.1, -0.05) is 46.3 Å². The van der Waals surface area contributed by atoms with Gasteiger partial charge in [0.2, 0.25) is 0 Å². The van der Waals surface area contributed by atoms with Crippen LogP contribution < -0.4 is 10.4 Å². The van der Waals surface area contributed by atoms with E-state index >= 15 is 0 Å². The first-order valence-corrected chi connectivity index (χ1v) is 9.58. The third-order valence-electron chi connectivity index (χ3n) is 4.46. The highest BCUT2D eigenvalue weighted by Gasteiger charge is 2.09. The molecule has 4 rings (SSSR count). The first kappa shape index (κ1) is 19.0. The van der Waals surface area contributed by atoms with E-state index in [0.717, 1.165) is 15.4 Å². The molecule has 3 aromatic carbocycles. The lowest BCUT2D eigenvalue weighted by molar-refractivity contribution is 0.373. The molecular weight excluding hydrogens is 434 g/mol. The number of aliphatic imine (C=N–C) groups is 1. The first-order valence-electron chi connectivity index (χ1n) is 8.79. The molecule has 0 bridgehead atoms. The van der Waals surface area contributed by atoms with E-state index < -0.39 is 0 Å². The van der Waals surface area contributed by atoms with Crippen LogP contribution in [0.2, 0.25) is 0 Å². The molecule has 29 heavy (non-hydrogen) atoms. The zero-order chi connectivity index (χ0) is 20.4. The number of phenols is 1. The van der Waals surface area contributed by atoms with Crippen LogP contribution in [0, 0.1) is 0 Å². The van der Waals surface area contributed by atoms with Gasteiger partial charge in [0, 0.05) is 21.6 Å². The van der Waals surface area contributed by atoms with E-state index in [1.165, 1.54) is 7.11 Å². The Balaban J connectivity index is 1.64. The molecule has 1 aromatic heterocycles. The van der Waals surface area contributed by atoms with Crippen molar-refractivity contribution in [3.63, 3.8) is 0 Å². The van der Waals surface area contributed by atoms with Crippen LogP contribution in [0.5, 0.6) is 11.5 Å². The number of ether oxygens (including phenoxy) is 1. The predicted molar refractivity (Wildman–Crippen MR) is 118 cm³/mol. The highest BCUT2D eigenvalue weighted by molar-refractivity contribution is 9.10. The van der Waals surface area contributed by atoms with Crippen LogP contribution in [0.15, 0.2) is 85.4 Å². The van der Waals surface area contributed by atoms with Crippen molar-refractivity contribution in [2.24, 2.45) is 4.99 Å². The number of aromatic hydroxyl groups is 1. The minimum atomic E-state index is -0.383. The predicted octanol–water partition coefficient (Wildman–Crippen LogP) is 5.69. The van der Waals surface area contributed by atoms with Gasteiger partial charge in [-0.25, -0.2) is 4.79 Å². The number of benzene rings is 3. The van der Waals surface area contributed by atoms with Crippen LogP contribution in [-0.4, -0.2) is 18.4 Å². The fourth-order valence-electron chi connectivity index (χ4n) is 2.98. The van der Waals surface area contributed by atoms with E-state index in [2.05, 4.69) is 20.9 Å². The second kappa shape index (κ2) is 7.93. The minimum absolute atomic E-state index is 0.0184. The molecule has 0 radical (unpaired) electrons. The molecule has 0 saturated carbocycles. The maximum Gasteiger partial charge on any atom is 0.344 e. The van der Waals surface area contributed by atoms with Gasteiger partial charge in [-0.3, -0.25) is 4.99 Å². The minimum Gasteiger partial charge on any atom is -0.504 e. The average Bonchev–Trinajstić information content (AvgIpc) is 2.74. The number of methoxy groups -OCH3 is 1. The molecule has 0 amide bonds. The number of nitrogens with zero attached hydrogens (tertiary/aromatic N) is 1. The quantitative estimate of drug-likeness (QED) is 0.321. The van der Waals surface area contributed by atoms with E-state index in [1.54, 1.807) is 36.5 Å². The van der Waals surface area contributed by atoms with E-state index in [9.17, 15) is 9.90 Å². The lowest BCUT2D eigenvalue weighted by Crippen LogP contribution is -2.02. The van der Waals surface area contributed by atoms with Crippen LogP contribution in [0.3, 0.4) is 0 Å².